The van der Waals surface area contributed by atoms with E-state index >= 15 is 0 Å². The third kappa shape index (κ3) is 1.89. The van der Waals surface area contributed by atoms with Crippen molar-refractivity contribution in [1.29, 1.82) is 5.26 Å². The van der Waals surface area contributed by atoms with Gasteiger partial charge in [0.1, 0.15) is 11.9 Å². The van der Waals surface area contributed by atoms with Crippen molar-refractivity contribution < 1.29 is 0 Å². The number of nitrogen functional groups attached to an aromatic ring is 1. The summed E-state index contributed by atoms with van der Waals surface area (Å²) in [5, 5.41) is 8.71. The minimum absolute atomic E-state index is 0.342. The minimum Gasteiger partial charge on any atom is -0.382 e. The zero-order valence-electron chi connectivity index (χ0n) is 7.75. The van der Waals surface area contributed by atoms with E-state index in [1.165, 1.54) is 12.4 Å². The molecule has 0 atom stereocenters. The van der Waals surface area contributed by atoms with Crippen LogP contribution >= 0.6 is 0 Å². The van der Waals surface area contributed by atoms with Crippen LogP contribution < -0.4 is 5.73 Å². The molecule has 5 nitrogen and oxygen atoms in total. The molecule has 5 heteroatoms. The lowest BCUT2D eigenvalue weighted by Gasteiger charge is -2.00. The molecule has 2 aromatic heterocycles. The van der Waals surface area contributed by atoms with Gasteiger partial charge in [-0.15, -0.1) is 0 Å². The average Bonchev–Trinajstić information content (AvgIpc) is 2.29. The molecular weight excluding hydrogens is 190 g/mol. The molecule has 15 heavy (non-hydrogen) atoms. The van der Waals surface area contributed by atoms with Crippen molar-refractivity contribution in [1.82, 2.24) is 15.0 Å². The monoisotopic (exact) mass is 197 g/mol. The van der Waals surface area contributed by atoms with E-state index in [1.807, 2.05) is 6.07 Å². The molecule has 72 valence electrons. The van der Waals surface area contributed by atoms with E-state index in [2.05, 4.69) is 15.0 Å². The molecule has 0 amide bonds. The van der Waals surface area contributed by atoms with Crippen LogP contribution in [0.25, 0.3) is 11.3 Å². The Morgan fingerprint density at radius 3 is 2.67 bits per heavy atom. The number of nitrogens with zero attached hydrogens (tertiary/aromatic N) is 4. The lowest BCUT2D eigenvalue weighted by molar-refractivity contribution is 1.20. The van der Waals surface area contributed by atoms with Crippen LogP contribution in [0.3, 0.4) is 0 Å². The zero-order chi connectivity index (χ0) is 10.7. The third-order valence-electron chi connectivity index (χ3n) is 1.82. The van der Waals surface area contributed by atoms with Gasteiger partial charge < -0.3 is 5.73 Å². The van der Waals surface area contributed by atoms with Crippen LogP contribution in [-0.2, 0) is 0 Å². The Bertz CT molecular complexity index is 529. The molecule has 2 aromatic rings. The van der Waals surface area contributed by atoms with Crippen LogP contribution in [0.4, 0.5) is 5.82 Å². The van der Waals surface area contributed by atoms with E-state index in [0.29, 0.717) is 17.1 Å². The summed E-state index contributed by atoms with van der Waals surface area (Å²) >= 11 is 0. The number of aromatic nitrogens is 3. The number of nitriles is 1. The highest BCUT2D eigenvalue weighted by molar-refractivity contribution is 5.60. The maximum atomic E-state index is 8.71. The number of hydrogen-bond donors (Lipinski definition) is 1. The van der Waals surface area contributed by atoms with Gasteiger partial charge in [-0.2, -0.15) is 5.26 Å². The average molecular weight is 197 g/mol. The fourth-order valence-corrected chi connectivity index (χ4v) is 1.16. The lowest BCUT2D eigenvalue weighted by atomic mass is 10.2. The molecule has 2 heterocycles. The number of nitrogens with two attached hydrogens (primary N) is 1. The van der Waals surface area contributed by atoms with Crippen molar-refractivity contribution >= 4 is 5.82 Å². The van der Waals surface area contributed by atoms with Gasteiger partial charge in [0, 0.05) is 18.0 Å². The Morgan fingerprint density at radius 2 is 1.93 bits per heavy atom. The van der Waals surface area contributed by atoms with E-state index in [4.69, 9.17) is 11.0 Å². The molecule has 0 unspecified atom stereocenters. The Kier molecular flexibility index (Phi) is 2.25. The molecule has 0 radical (unpaired) electrons. The molecule has 0 aromatic carbocycles. The number of rotatable bonds is 1. The number of pyridine rings is 1. The molecule has 2 N–H and O–H groups in total. The van der Waals surface area contributed by atoms with E-state index in [-0.39, 0.29) is 0 Å². The maximum absolute atomic E-state index is 8.71. The standard InChI is InChI=1S/C10H7N5/c11-2-7-1-8(4-13-3-7)9-5-14-6-10(12)15-9/h1,3-6H,(H2,12,15). The summed E-state index contributed by atoms with van der Waals surface area (Å²) < 4.78 is 0. The molecular formula is C10H7N5. The smallest absolute Gasteiger partial charge is 0.142 e. The van der Waals surface area contributed by atoms with Crippen LogP contribution in [0.1, 0.15) is 5.56 Å². The predicted octanol–water partition coefficient (Wildman–Crippen LogP) is 0.992. The molecule has 0 bridgehead atoms. The molecule has 2 rings (SSSR count). The van der Waals surface area contributed by atoms with Crippen molar-refractivity contribution in [3.05, 3.63) is 36.4 Å². The molecule has 0 aliphatic carbocycles. The Labute approximate surface area is 86.2 Å². The Balaban J connectivity index is 2.50. The quantitative estimate of drug-likeness (QED) is 0.736. The SMILES string of the molecule is N#Cc1cncc(-c2cncc(N)n2)c1. The maximum Gasteiger partial charge on any atom is 0.142 e. The Hall–Kier alpha value is -2.48. The van der Waals surface area contributed by atoms with E-state index < -0.39 is 0 Å². The predicted molar refractivity (Wildman–Crippen MR) is 54.4 cm³/mol. The van der Waals surface area contributed by atoms with Gasteiger partial charge in [-0.05, 0) is 6.07 Å². The summed E-state index contributed by atoms with van der Waals surface area (Å²) in [6, 6.07) is 3.70. The van der Waals surface area contributed by atoms with Crippen LogP contribution in [0.2, 0.25) is 0 Å². The van der Waals surface area contributed by atoms with E-state index in [9.17, 15) is 0 Å². The van der Waals surface area contributed by atoms with Gasteiger partial charge in [0.15, 0.2) is 0 Å². The highest BCUT2D eigenvalue weighted by atomic mass is 14.9. The summed E-state index contributed by atoms with van der Waals surface area (Å²) in [6.45, 7) is 0. The molecule has 0 fully saturated rings. The van der Waals surface area contributed by atoms with Crippen molar-refractivity contribution in [2.45, 2.75) is 0 Å². The first-order valence-electron chi connectivity index (χ1n) is 4.22. The fraction of sp³-hybridized carbons (Fsp3) is 0. The zero-order valence-corrected chi connectivity index (χ0v) is 7.75. The van der Waals surface area contributed by atoms with Gasteiger partial charge in [0.2, 0.25) is 0 Å². The van der Waals surface area contributed by atoms with Gasteiger partial charge >= 0.3 is 0 Å². The van der Waals surface area contributed by atoms with Gasteiger partial charge in [0.25, 0.3) is 0 Å². The molecule has 0 aliphatic heterocycles. The van der Waals surface area contributed by atoms with Gasteiger partial charge in [0.05, 0.1) is 23.7 Å². The fourth-order valence-electron chi connectivity index (χ4n) is 1.16. The van der Waals surface area contributed by atoms with Gasteiger partial charge in [-0.1, -0.05) is 0 Å². The van der Waals surface area contributed by atoms with Crippen LogP contribution in [0, 0.1) is 11.3 Å². The van der Waals surface area contributed by atoms with E-state index in [1.54, 1.807) is 18.5 Å². The first-order chi connectivity index (χ1) is 7.29. The topological polar surface area (TPSA) is 88.5 Å². The summed E-state index contributed by atoms with van der Waals surface area (Å²) in [7, 11) is 0. The second-order valence-corrected chi connectivity index (χ2v) is 2.90. The molecule has 0 aliphatic rings. The highest BCUT2D eigenvalue weighted by Gasteiger charge is 2.01. The van der Waals surface area contributed by atoms with Crippen molar-refractivity contribution in [2.75, 3.05) is 5.73 Å². The second-order valence-electron chi connectivity index (χ2n) is 2.90. The first-order valence-corrected chi connectivity index (χ1v) is 4.22. The van der Waals surface area contributed by atoms with Crippen LogP contribution in [0.15, 0.2) is 30.9 Å². The van der Waals surface area contributed by atoms with Crippen LogP contribution in [-0.4, -0.2) is 15.0 Å². The highest BCUT2D eigenvalue weighted by Crippen LogP contribution is 2.16. The normalized spacial score (nSPS) is 9.53. The molecule has 0 spiro atoms. The third-order valence-corrected chi connectivity index (χ3v) is 1.82. The van der Waals surface area contributed by atoms with Crippen molar-refractivity contribution in [2.24, 2.45) is 0 Å². The van der Waals surface area contributed by atoms with Crippen LogP contribution in [0.5, 0.6) is 0 Å². The van der Waals surface area contributed by atoms with Gasteiger partial charge in [-0.3, -0.25) is 9.97 Å². The molecule has 0 saturated heterocycles. The summed E-state index contributed by atoms with van der Waals surface area (Å²) in [5.74, 6) is 0.342. The van der Waals surface area contributed by atoms with Gasteiger partial charge in [-0.25, -0.2) is 4.98 Å². The summed E-state index contributed by atoms with van der Waals surface area (Å²) in [5.41, 5.74) is 7.33. The number of hydrogen-bond acceptors (Lipinski definition) is 5. The first kappa shape index (κ1) is 9.09. The Morgan fingerprint density at radius 1 is 1.13 bits per heavy atom. The van der Waals surface area contributed by atoms with Crippen molar-refractivity contribution in [3.63, 3.8) is 0 Å². The van der Waals surface area contributed by atoms with E-state index in [0.717, 1.165) is 5.56 Å². The van der Waals surface area contributed by atoms with Crippen molar-refractivity contribution in [3.8, 4) is 17.3 Å². The lowest BCUT2D eigenvalue weighted by Crippen LogP contribution is -1.94. The summed E-state index contributed by atoms with van der Waals surface area (Å²) in [4.78, 5) is 11.9. The minimum atomic E-state index is 0.342. The largest absolute Gasteiger partial charge is 0.382 e. The summed E-state index contributed by atoms with van der Waals surface area (Å²) in [6.07, 6.45) is 6.15. The second kappa shape index (κ2) is 3.72. The molecule has 0 saturated carbocycles. The number of anilines is 1.